The van der Waals surface area contributed by atoms with E-state index < -0.39 is 11.9 Å². The third-order valence-corrected chi connectivity index (χ3v) is 0.338. The molecule has 0 aliphatic rings. The van der Waals surface area contributed by atoms with Gasteiger partial charge < -0.3 is 5.73 Å². The number of carbonyl (C=O) groups excluding carboxylic acids is 2. The maximum atomic E-state index is 9.85. The monoisotopic (exact) mass is 113 g/mol. The Morgan fingerprint density at radius 1 is 1.62 bits per heavy atom. The van der Waals surface area contributed by atoms with Gasteiger partial charge in [-0.05, 0) is 0 Å². The van der Waals surface area contributed by atoms with Gasteiger partial charge in [0.05, 0.1) is 0 Å². The van der Waals surface area contributed by atoms with Gasteiger partial charge in [-0.1, -0.05) is 0 Å². The largest absolute Gasteiger partial charge is 0.351 e. The average Bonchev–Trinajstić information content (AvgIpc) is 1.65. The van der Waals surface area contributed by atoms with Crippen LogP contribution in [0.25, 0.3) is 0 Å². The van der Waals surface area contributed by atoms with E-state index in [4.69, 9.17) is 5.26 Å². The zero-order valence-electron chi connectivity index (χ0n) is 3.84. The van der Waals surface area contributed by atoms with Gasteiger partial charge in [-0.3, -0.25) is 10.1 Å². The van der Waals surface area contributed by atoms with E-state index in [-0.39, 0.29) is 0 Å². The van der Waals surface area contributed by atoms with Crippen LogP contribution in [-0.2, 0) is 4.79 Å². The number of carbonyl (C=O) groups is 2. The number of nitriles is 1. The molecule has 0 spiro atoms. The van der Waals surface area contributed by atoms with E-state index in [1.54, 1.807) is 0 Å². The van der Waals surface area contributed by atoms with Crippen LogP contribution >= 0.6 is 0 Å². The zero-order valence-corrected chi connectivity index (χ0v) is 3.84. The van der Waals surface area contributed by atoms with E-state index in [0.29, 0.717) is 0 Å². The number of hydrogen-bond acceptors (Lipinski definition) is 3. The van der Waals surface area contributed by atoms with Crippen LogP contribution in [0.5, 0.6) is 0 Å². The van der Waals surface area contributed by atoms with Crippen molar-refractivity contribution < 1.29 is 9.59 Å². The highest BCUT2D eigenvalue weighted by Crippen LogP contribution is 1.56. The molecule has 0 heterocycles. The Morgan fingerprint density at radius 3 is 2.25 bits per heavy atom. The van der Waals surface area contributed by atoms with Crippen molar-refractivity contribution in [1.82, 2.24) is 5.32 Å². The molecule has 0 saturated carbocycles. The summed E-state index contributed by atoms with van der Waals surface area (Å²) in [6.45, 7) is 0. The lowest BCUT2D eigenvalue weighted by Gasteiger charge is -1.85. The molecule has 0 radical (unpaired) electrons. The number of urea groups is 1. The Morgan fingerprint density at radius 2 is 2.12 bits per heavy atom. The molecule has 5 nitrogen and oxygen atoms in total. The fourth-order valence-electron chi connectivity index (χ4n) is 0.140. The first-order valence-corrected chi connectivity index (χ1v) is 1.67. The summed E-state index contributed by atoms with van der Waals surface area (Å²) in [5, 5.41) is 9.25. The summed E-state index contributed by atoms with van der Waals surface area (Å²) in [6.07, 6.45) is 0. The van der Waals surface area contributed by atoms with Crippen molar-refractivity contribution in [3.05, 3.63) is 0 Å². The Balaban J connectivity index is 3.61. The highest BCUT2D eigenvalue weighted by atomic mass is 16.2. The molecule has 0 aromatic heterocycles. The van der Waals surface area contributed by atoms with Gasteiger partial charge in [0.1, 0.15) is 0 Å². The number of imide groups is 1. The van der Waals surface area contributed by atoms with Crippen LogP contribution in [0.4, 0.5) is 4.79 Å². The minimum absolute atomic E-state index is 1.02. The highest BCUT2D eigenvalue weighted by molar-refractivity contribution is 6.02. The summed E-state index contributed by atoms with van der Waals surface area (Å²) in [7, 11) is 0. The van der Waals surface area contributed by atoms with Gasteiger partial charge in [0.15, 0.2) is 6.07 Å². The van der Waals surface area contributed by atoms with Crippen LogP contribution < -0.4 is 11.1 Å². The number of nitrogens with one attached hydrogen (secondary N) is 1. The number of hydrogen-bond donors (Lipinski definition) is 2. The molecule has 42 valence electrons. The fraction of sp³-hybridized carbons (Fsp3) is 0. The van der Waals surface area contributed by atoms with Crippen molar-refractivity contribution in [2.45, 2.75) is 0 Å². The van der Waals surface area contributed by atoms with E-state index in [0.717, 1.165) is 6.07 Å². The Hall–Kier alpha value is -1.57. The van der Waals surface area contributed by atoms with Crippen molar-refractivity contribution in [3.8, 4) is 6.07 Å². The smallest absolute Gasteiger partial charge is 0.330 e. The molecule has 0 bridgehead atoms. The lowest BCUT2D eigenvalue weighted by Crippen LogP contribution is -2.33. The average molecular weight is 113 g/mol. The third-order valence-electron chi connectivity index (χ3n) is 0.338. The summed E-state index contributed by atoms with van der Waals surface area (Å²) in [5.74, 6) is -1.04. The second kappa shape index (κ2) is 2.58. The normalized spacial score (nSPS) is 6.88. The van der Waals surface area contributed by atoms with Crippen LogP contribution in [0.2, 0.25) is 0 Å². The maximum absolute atomic E-state index is 9.85. The van der Waals surface area contributed by atoms with Gasteiger partial charge in [-0.15, -0.1) is 0 Å². The zero-order chi connectivity index (χ0) is 6.57. The first-order chi connectivity index (χ1) is 3.66. The van der Waals surface area contributed by atoms with E-state index in [1.807, 2.05) is 0 Å². The molecule has 0 rings (SSSR count). The minimum atomic E-state index is -1.04. The highest BCUT2D eigenvalue weighted by Gasteiger charge is 1.97. The van der Waals surface area contributed by atoms with E-state index in [1.165, 1.54) is 5.32 Å². The lowest BCUT2D eigenvalue weighted by atomic mass is 10.7. The van der Waals surface area contributed by atoms with Crippen molar-refractivity contribution in [2.75, 3.05) is 0 Å². The number of nitrogens with two attached hydrogens (primary N) is 1. The first kappa shape index (κ1) is 6.43. The van der Waals surface area contributed by atoms with Crippen molar-refractivity contribution in [2.24, 2.45) is 5.73 Å². The molecule has 0 aliphatic carbocycles. The Bertz CT molecular complexity index is 156. The quantitative estimate of drug-likeness (QED) is 0.382. The molecule has 5 heteroatoms. The molecule has 0 fully saturated rings. The van der Waals surface area contributed by atoms with Crippen LogP contribution in [0.3, 0.4) is 0 Å². The predicted octanol–water partition coefficient (Wildman–Crippen LogP) is -1.30. The molecule has 3 N–H and O–H groups in total. The number of rotatable bonds is 0. The minimum Gasteiger partial charge on any atom is -0.351 e. The first-order valence-electron chi connectivity index (χ1n) is 1.67. The third kappa shape index (κ3) is 2.66. The molecule has 3 amide bonds. The molecule has 0 aromatic carbocycles. The van der Waals surface area contributed by atoms with Crippen LogP contribution in [-0.4, -0.2) is 11.9 Å². The summed E-state index contributed by atoms with van der Waals surface area (Å²) in [6, 6.07) is 0.128. The molecule has 0 unspecified atom stereocenters. The van der Waals surface area contributed by atoms with E-state index >= 15 is 0 Å². The summed E-state index contributed by atoms with van der Waals surface area (Å²) < 4.78 is 0. The topological polar surface area (TPSA) is 96.0 Å². The van der Waals surface area contributed by atoms with E-state index in [2.05, 4.69) is 5.73 Å². The molecule has 0 aliphatic heterocycles. The van der Waals surface area contributed by atoms with Crippen LogP contribution in [0.1, 0.15) is 0 Å². The van der Waals surface area contributed by atoms with Gasteiger partial charge in [-0.2, -0.15) is 5.26 Å². The van der Waals surface area contributed by atoms with E-state index in [9.17, 15) is 9.59 Å². The van der Waals surface area contributed by atoms with Crippen molar-refractivity contribution in [3.63, 3.8) is 0 Å². The fourth-order valence-corrected chi connectivity index (χ4v) is 0.140. The predicted molar refractivity (Wildman–Crippen MR) is 23.3 cm³/mol. The standard InChI is InChI=1S/C3H3N3O2/c4-1-2(7)6-3(5)8/h(H3,5,6,7,8). The summed E-state index contributed by atoms with van der Waals surface area (Å²) >= 11 is 0. The second-order valence-electron chi connectivity index (χ2n) is 0.930. The number of amides is 3. The second-order valence-corrected chi connectivity index (χ2v) is 0.930. The van der Waals surface area contributed by atoms with Gasteiger partial charge in [-0.25, -0.2) is 4.79 Å². The Kier molecular flexibility index (Phi) is 2.07. The SMILES string of the molecule is N#CC(=O)NC(N)=O. The maximum Gasteiger partial charge on any atom is 0.330 e. The van der Waals surface area contributed by atoms with Gasteiger partial charge in [0.2, 0.25) is 0 Å². The van der Waals surface area contributed by atoms with Crippen molar-refractivity contribution in [1.29, 1.82) is 5.26 Å². The Labute approximate surface area is 45.1 Å². The van der Waals surface area contributed by atoms with Gasteiger partial charge >= 0.3 is 11.9 Å². The molecular weight excluding hydrogens is 110 g/mol. The number of nitrogens with zero attached hydrogens (tertiary/aromatic N) is 1. The number of primary amides is 1. The summed E-state index contributed by atoms with van der Waals surface area (Å²) in [4.78, 5) is 19.6. The molecule has 8 heavy (non-hydrogen) atoms. The van der Waals surface area contributed by atoms with Crippen LogP contribution in [0, 0.1) is 11.3 Å². The molecule has 0 saturated heterocycles. The van der Waals surface area contributed by atoms with Gasteiger partial charge in [0, 0.05) is 0 Å². The lowest BCUT2D eigenvalue weighted by molar-refractivity contribution is -0.114. The molecular formula is C3H3N3O2. The van der Waals surface area contributed by atoms with Crippen LogP contribution in [0.15, 0.2) is 0 Å². The summed E-state index contributed by atoms with van der Waals surface area (Å²) in [5.41, 5.74) is 4.45. The molecule has 0 aromatic rings. The van der Waals surface area contributed by atoms with Gasteiger partial charge in [0.25, 0.3) is 0 Å². The molecule has 0 atom stereocenters. The van der Waals surface area contributed by atoms with Crippen molar-refractivity contribution >= 4 is 11.9 Å².